The first-order chi connectivity index (χ1) is 15.3. The van der Waals surface area contributed by atoms with E-state index in [4.69, 9.17) is 0 Å². The van der Waals surface area contributed by atoms with Gasteiger partial charge in [0.05, 0.1) is 5.69 Å². The molecule has 2 amide bonds. The summed E-state index contributed by atoms with van der Waals surface area (Å²) in [6, 6.07) is 10.6. The SMILES string of the molecule is O=C(NCC1(Cc2nnc3ccccn23)CCCCC1)Nc1ccccc1OC(F)(F)F. The van der Waals surface area contributed by atoms with Crippen molar-refractivity contribution in [3.05, 3.63) is 54.5 Å². The van der Waals surface area contributed by atoms with Crippen LogP contribution in [0.5, 0.6) is 5.75 Å². The molecule has 2 N–H and O–H groups in total. The Labute approximate surface area is 183 Å². The number of carbonyl (C=O) groups excluding carboxylic acids is 1. The molecule has 0 atom stereocenters. The third-order valence-corrected chi connectivity index (χ3v) is 5.82. The Morgan fingerprint density at radius 1 is 1.06 bits per heavy atom. The molecule has 1 saturated carbocycles. The van der Waals surface area contributed by atoms with E-state index in [0.29, 0.717) is 13.0 Å². The highest BCUT2D eigenvalue weighted by Crippen LogP contribution is 2.38. The molecule has 1 aliphatic carbocycles. The Morgan fingerprint density at radius 3 is 2.59 bits per heavy atom. The van der Waals surface area contributed by atoms with Crippen molar-refractivity contribution in [3.8, 4) is 5.75 Å². The lowest BCUT2D eigenvalue weighted by molar-refractivity contribution is -0.274. The summed E-state index contributed by atoms with van der Waals surface area (Å²) in [5.74, 6) is 0.367. The molecule has 2 heterocycles. The summed E-state index contributed by atoms with van der Waals surface area (Å²) in [5.41, 5.74) is 0.514. The fourth-order valence-electron chi connectivity index (χ4n) is 4.28. The number of alkyl halides is 3. The van der Waals surface area contributed by atoms with E-state index in [1.54, 1.807) is 0 Å². The third kappa shape index (κ3) is 5.30. The van der Waals surface area contributed by atoms with Gasteiger partial charge in [-0.1, -0.05) is 37.5 Å². The Kier molecular flexibility index (Phi) is 6.20. The molecule has 3 aromatic rings. The quantitative estimate of drug-likeness (QED) is 0.561. The van der Waals surface area contributed by atoms with E-state index in [-0.39, 0.29) is 11.1 Å². The summed E-state index contributed by atoms with van der Waals surface area (Å²) < 4.78 is 43.8. The number of ether oxygens (including phenoxy) is 1. The molecule has 7 nitrogen and oxygen atoms in total. The molecule has 0 bridgehead atoms. The van der Waals surface area contributed by atoms with Crippen LogP contribution in [0.1, 0.15) is 37.9 Å². The first kappa shape index (κ1) is 21.9. The van der Waals surface area contributed by atoms with Crippen LogP contribution in [0.4, 0.5) is 23.7 Å². The third-order valence-electron chi connectivity index (χ3n) is 5.82. The second-order valence-corrected chi connectivity index (χ2v) is 8.13. The van der Waals surface area contributed by atoms with E-state index >= 15 is 0 Å². The largest absolute Gasteiger partial charge is 0.573 e. The van der Waals surface area contributed by atoms with Crippen LogP contribution in [-0.4, -0.2) is 33.5 Å². The lowest BCUT2D eigenvalue weighted by Gasteiger charge is -2.37. The van der Waals surface area contributed by atoms with Crippen molar-refractivity contribution < 1.29 is 22.7 Å². The number of hydrogen-bond acceptors (Lipinski definition) is 4. The predicted octanol–water partition coefficient (Wildman–Crippen LogP) is 4.94. The topological polar surface area (TPSA) is 80.6 Å². The molecule has 0 radical (unpaired) electrons. The zero-order chi connectivity index (χ0) is 22.6. The molecule has 2 aromatic heterocycles. The fraction of sp³-hybridized carbons (Fsp3) is 0.409. The Hall–Kier alpha value is -3.30. The second kappa shape index (κ2) is 9.05. The summed E-state index contributed by atoms with van der Waals surface area (Å²) >= 11 is 0. The molecule has 0 saturated heterocycles. The van der Waals surface area contributed by atoms with E-state index in [1.807, 2.05) is 28.8 Å². The van der Waals surface area contributed by atoms with Gasteiger partial charge in [-0.05, 0) is 42.5 Å². The molecule has 10 heteroatoms. The minimum atomic E-state index is -4.85. The summed E-state index contributed by atoms with van der Waals surface area (Å²) in [4.78, 5) is 12.5. The minimum absolute atomic E-state index is 0.0523. The maximum absolute atomic E-state index is 12.6. The van der Waals surface area contributed by atoms with Gasteiger partial charge in [0.25, 0.3) is 0 Å². The number of hydrogen-bond donors (Lipinski definition) is 2. The number of anilines is 1. The average molecular weight is 447 g/mol. The molecular formula is C22H24F3N5O2. The van der Waals surface area contributed by atoms with E-state index in [2.05, 4.69) is 25.6 Å². The van der Waals surface area contributed by atoms with Crippen LogP contribution in [0, 0.1) is 5.41 Å². The summed E-state index contributed by atoms with van der Waals surface area (Å²) in [5, 5.41) is 13.9. The number of pyridine rings is 1. The van der Waals surface area contributed by atoms with Crippen LogP contribution in [-0.2, 0) is 6.42 Å². The Balaban J connectivity index is 1.45. The van der Waals surface area contributed by atoms with Gasteiger partial charge in [-0.2, -0.15) is 0 Å². The van der Waals surface area contributed by atoms with E-state index < -0.39 is 18.1 Å². The summed E-state index contributed by atoms with van der Waals surface area (Å²) in [6.07, 6.45) is 2.78. The smallest absolute Gasteiger partial charge is 0.404 e. The zero-order valence-electron chi connectivity index (χ0n) is 17.4. The fourth-order valence-corrected chi connectivity index (χ4v) is 4.28. The molecule has 0 unspecified atom stereocenters. The number of urea groups is 1. The van der Waals surface area contributed by atoms with E-state index in [0.717, 1.165) is 49.6 Å². The van der Waals surface area contributed by atoms with Gasteiger partial charge in [0.15, 0.2) is 11.4 Å². The summed E-state index contributed by atoms with van der Waals surface area (Å²) in [7, 11) is 0. The van der Waals surface area contributed by atoms with Crippen molar-refractivity contribution in [2.24, 2.45) is 5.41 Å². The van der Waals surface area contributed by atoms with E-state index in [9.17, 15) is 18.0 Å². The normalized spacial score (nSPS) is 16.0. The van der Waals surface area contributed by atoms with Crippen molar-refractivity contribution in [1.29, 1.82) is 0 Å². The number of halogens is 3. The van der Waals surface area contributed by atoms with Crippen molar-refractivity contribution in [2.75, 3.05) is 11.9 Å². The van der Waals surface area contributed by atoms with Gasteiger partial charge < -0.3 is 15.4 Å². The molecule has 1 aliphatic rings. The number of rotatable bonds is 6. The Morgan fingerprint density at radius 2 is 1.81 bits per heavy atom. The van der Waals surface area contributed by atoms with Gasteiger partial charge in [-0.25, -0.2) is 4.79 Å². The van der Waals surface area contributed by atoms with Crippen molar-refractivity contribution in [3.63, 3.8) is 0 Å². The van der Waals surface area contributed by atoms with Gasteiger partial charge in [-0.15, -0.1) is 23.4 Å². The van der Waals surface area contributed by atoms with Crippen LogP contribution < -0.4 is 15.4 Å². The molecule has 4 rings (SSSR count). The molecule has 1 fully saturated rings. The number of para-hydroxylation sites is 2. The van der Waals surface area contributed by atoms with Crippen molar-refractivity contribution >= 4 is 17.4 Å². The molecule has 32 heavy (non-hydrogen) atoms. The van der Waals surface area contributed by atoms with Gasteiger partial charge in [0, 0.05) is 19.2 Å². The lowest BCUT2D eigenvalue weighted by Crippen LogP contribution is -2.42. The highest BCUT2D eigenvalue weighted by molar-refractivity contribution is 5.90. The van der Waals surface area contributed by atoms with Gasteiger partial charge in [-0.3, -0.25) is 4.40 Å². The molecule has 0 spiro atoms. The number of carbonyl (C=O) groups is 1. The number of benzene rings is 1. The molecule has 170 valence electrons. The Bertz CT molecular complexity index is 1080. The predicted molar refractivity (Wildman–Crippen MR) is 112 cm³/mol. The monoisotopic (exact) mass is 447 g/mol. The zero-order valence-corrected chi connectivity index (χ0v) is 17.4. The summed E-state index contributed by atoms with van der Waals surface area (Å²) in [6.45, 7) is 0.378. The van der Waals surface area contributed by atoms with Crippen molar-refractivity contribution in [1.82, 2.24) is 19.9 Å². The van der Waals surface area contributed by atoms with E-state index in [1.165, 1.54) is 18.2 Å². The number of fused-ring (bicyclic) bond motifs is 1. The highest BCUT2D eigenvalue weighted by atomic mass is 19.4. The second-order valence-electron chi connectivity index (χ2n) is 8.13. The first-order valence-electron chi connectivity index (χ1n) is 10.5. The molecular weight excluding hydrogens is 423 g/mol. The maximum atomic E-state index is 12.6. The average Bonchev–Trinajstić information content (AvgIpc) is 3.16. The molecule has 1 aromatic carbocycles. The minimum Gasteiger partial charge on any atom is -0.404 e. The maximum Gasteiger partial charge on any atom is 0.573 e. The standard InChI is InChI=1S/C22H24F3N5O2/c23-22(24,25)32-17-9-3-2-8-16(17)27-20(31)26-15-21(11-5-1-6-12-21)14-19-29-28-18-10-4-7-13-30(18)19/h2-4,7-10,13H,1,5-6,11-12,14-15H2,(H2,26,27,31). The first-order valence-corrected chi connectivity index (χ1v) is 10.5. The van der Waals surface area contributed by atoms with Gasteiger partial charge >= 0.3 is 12.4 Å². The van der Waals surface area contributed by atoms with Gasteiger partial charge in [0.2, 0.25) is 0 Å². The van der Waals surface area contributed by atoms with Crippen LogP contribution in [0.15, 0.2) is 48.7 Å². The van der Waals surface area contributed by atoms with Crippen molar-refractivity contribution in [2.45, 2.75) is 44.9 Å². The van der Waals surface area contributed by atoms with Crippen LogP contribution in [0.25, 0.3) is 5.65 Å². The molecule has 0 aliphatic heterocycles. The lowest BCUT2D eigenvalue weighted by atomic mass is 9.71. The van der Waals surface area contributed by atoms with Crippen LogP contribution in [0.2, 0.25) is 0 Å². The number of nitrogens with one attached hydrogen (secondary N) is 2. The van der Waals surface area contributed by atoms with Crippen LogP contribution in [0.3, 0.4) is 0 Å². The number of amides is 2. The number of nitrogens with zero attached hydrogens (tertiary/aromatic N) is 3. The number of aromatic nitrogens is 3. The van der Waals surface area contributed by atoms with Gasteiger partial charge in [0.1, 0.15) is 5.82 Å². The van der Waals surface area contributed by atoms with Crippen LogP contribution >= 0.6 is 0 Å². The highest BCUT2D eigenvalue weighted by Gasteiger charge is 2.35.